The molecule has 1 aliphatic rings. The maximum absolute atomic E-state index is 12.4. The second-order valence-corrected chi connectivity index (χ2v) is 7.47. The predicted molar refractivity (Wildman–Crippen MR) is 103 cm³/mol. The molecule has 1 saturated heterocycles. The predicted octanol–water partition coefficient (Wildman–Crippen LogP) is 3.43. The van der Waals surface area contributed by atoms with Crippen molar-refractivity contribution < 1.29 is 9.21 Å². The van der Waals surface area contributed by atoms with Gasteiger partial charge in [0.2, 0.25) is 11.8 Å². The molecular formula is C21H29N3O2. The number of hydrogen-bond acceptors (Lipinski definition) is 4. The molecule has 2 aromatic rings. The van der Waals surface area contributed by atoms with Crippen LogP contribution >= 0.6 is 0 Å². The monoisotopic (exact) mass is 355 g/mol. The average Bonchev–Trinajstić information content (AvgIpc) is 3.01. The highest BCUT2D eigenvalue weighted by molar-refractivity contribution is 5.78. The number of nitrogens with zero attached hydrogens (tertiary/aromatic N) is 2. The summed E-state index contributed by atoms with van der Waals surface area (Å²) >= 11 is 0. The highest BCUT2D eigenvalue weighted by Crippen LogP contribution is 2.22. The van der Waals surface area contributed by atoms with Gasteiger partial charge in [0.25, 0.3) is 0 Å². The van der Waals surface area contributed by atoms with Gasteiger partial charge >= 0.3 is 0 Å². The van der Waals surface area contributed by atoms with Crippen molar-refractivity contribution >= 4 is 5.91 Å². The summed E-state index contributed by atoms with van der Waals surface area (Å²) in [5, 5.41) is 3.09. The Morgan fingerprint density at radius 3 is 2.85 bits per heavy atom. The summed E-state index contributed by atoms with van der Waals surface area (Å²) in [4.78, 5) is 19.4. The molecule has 1 N–H and O–H groups in total. The van der Waals surface area contributed by atoms with E-state index in [0.29, 0.717) is 29.3 Å². The van der Waals surface area contributed by atoms with Gasteiger partial charge in [-0.05, 0) is 58.2 Å². The van der Waals surface area contributed by atoms with Crippen LogP contribution in [0.4, 0.5) is 0 Å². The van der Waals surface area contributed by atoms with Crippen LogP contribution in [0.2, 0.25) is 0 Å². The Morgan fingerprint density at radius 2 is 2.12 bits per heavy atom. The number of piperidine rings is 1. The minimum Gasteiger partial charge on any atom is -0.441 e. The van der Waals surface area contributed by atoms with Crippen LogP contribution in [0, 0.1) is 12.8 Å². The number of nitrogens with one attached hydrogen (secondary N) is 1. The number of rotatable bonds is 6. The first kappa shape index (κ1) is 18.6. The third-order valence-corrected chi connectivity index (χ3v) is 5.11. The SMILES string of the molecule is Cc1oc(-c2ccccc2)nc1CC(=O)NC[C@@H]1CCCN(C(C)C)C1. The first-order valence-corrected chi connectivity index (χ1v) is 9.55. The van der Waals surface area contributed by atoms with Gasteiger partial charge in [-0.25, -0.2) is 4.98 Å². The fourth-order valence-electron chi connectivity index (χ4n) is 3.50. The van der Waals surface area contributed by atoms with Crippen molar-refractivity contribution in [3.05, 3.63) is 41.8 Å². The summed E-state index contributed by atoms with van der Waals surface area (Å²) in [5.74, 6) is 1.84. The van der Waals surface area contributed by atoms with Crippen molar-refractivity contribution in [2.45, 2.75) is 46.1 Å². The van der Waals surface area contributed by atoms with Crippen LogP contribution in [0.25, 0.3) is 11.5 Å². The van der Waals surface area contributed by atoms with Gasteiger partial charge in [-0.3, -0.25) is 4.79 Å². The van der Waals surface area contributed by atoms with E-state index in [0.717, 1.165) is 18.7 Å². The minimum atomic E-state index is 0.0164. The fourth-order valence-corrected chi connectivity index (χ4v) is 3.50. The molecule has 0 spiro atoms. The van der Waals surface area contributed by atoms with Crippen molar-refractivity contribution in [3.8, 4) is 11.5 Å². The van der Waals surface area contributed by atoms with E-state index < -0.39 is 0 Å². The van der Waals surface area contributed by atoms with Gasteiger partial charge in [0.15, 0.2) is 0 Å². The molecule has 0 aliphatic carbocycles. The number of likely N-dealkylation sites (tertiary alicyclic amines) is 1. The molecule has 2 heterocycles. The van der Waals surface area contributed by atoms with Crippen molar-refractivity contribution in [2.24, 2.45) is 5.92 Å². The van der Waals surface area contributed by atoms with E-state index in [9.17, 15) is 4.79 Å². The molecule has 0 bridgehead atoms. The number of aryl methyl sites for hydroxylation is 1. The molecule has 1 aliphatic heterocycles. The van der Waals surface area contributed by atoms with E-state index in [1.165, 1.54) is 19.4 Å². The van der Waals surface area contributed by atoms with E-state index in [2.05, 4.69) is 29.0 Å². The second-order valence-electron chi connectivity index (χ2n) is 7.47. The quantitative estimate of drug-likeness (QED) is 0.862. The maximum Gasteiger partial charge on any atom is 0.226 e. The molecular weight excluding hydrogens is 326 g/mol. The highest BCUT2D eigenvalue weighted by atomic mass is 16.4. The Hall–Kier alpha value is -2.14. The van der Waals surface area contributed by atoms with E-state index in [1.54, 1.807) is 0 Å². The molecule has 5 nitrogen and oxygen atoms in total. The molecule has 0 unspecified atom stereocenters. The lowest BCUT2D eigenvalue weighted by Crippen LogP contribution is -2.44. The zero-order valence-electron chi connectivity index (χ0n) is 16.0. The highest BCUT2D eigenvalue weighted by Gasteiger charge is 2.22. The zero-order chi connectivity index (χ0) is 18.5. The molecule has 1 fully saturated rings. The zero-order valence-corrected chi connectivity index (χ0v) is 16.0. The molecule has 0 radical (unpaired) electrons. The summed E-state index contributed by atoms with van der Waals surface area (Å²) in [5.41, 5.74) is 1.65. The Morgan fingerprint density at radius 1 is 1.35 bits per heavy atom. The van der Waals surface area contributed by atoms with Gasteiger partial charge in [0.1, 0.15) is 5.76 Å². The van der Waals surface area contributed by atoms with Crippen LogP contribution in [0.1, 0.15) is 38.1 Å². The van der Waals surface area contributed by atoms with E-state index in [1.807, 2.05) is 37.3 Å². The Kier molecular flexibility index (Phi) is 6.09. The number of amides is 1. The largest absolute Gasteiger partial charge is 0.441 e. The number of carbonyl (C=O) groups is 1. The van der Waals surface area contributed by atoms with Crippen LogP contribution < -0.4 is 5.32 Å². The summed E-state index contributed by atoms with van der Waals surface area (Å²) in [6.45, 7) is 9.31. The lowest BCUT2D eigenvalue weighted by molar-refractivity contribution is -0.120. The van der Waals surface area contributed by atoms with E-state index >= 15 is 0 Å². The van der Waals surface area contributed by atoms with Crippen molar-refractivity contribution in [2.75, 3.05) is 19.6 Å². The molecule has 0 saturated carbocycles. The molecule has 26 heavy (non-hydrogen) atoms. The third kappa shape index (κ3) is 4.73. The second kappa shape index (κ2) is 8.49. The molecule has 1 aromatic heterocycles. The van der Waals surface area contributed by atoms with Gasteiger partial charge in [-0.1, -0.05) is 18.2 Å². The lowest BCUT2D eigenvalue weighted by Gasteiger charge is -2.35. The first-order valence-electron chi connectivity index (χ1n) is 9.55. The number of oxazole rings is 1. The van der Waals surface area contributed by atoms with Crippen LogP contribution in [0.15, 0.2) is 34.7 Å². The minimum absolute atomic E-state index is 0.0164. The van der Waals surface area contributed by atoms with Gasteiger partial charge in [-0.2, -0.15) is 0 Å². The smallest absolute Gasteiger partial charge is 0.226 e. The summed E-state index contributed by atoms with van der Waals surface area (Å²) in [6, 6.07) is 10.3. The normalized spacial score (nSPS) is 18.2. The molecule has 1 amide bonds. The van der Waals surface area contributed by atoms with E-state index in [4.69, 9.17) is 4.42 Å². The lowest BCUT2D eigenvalue weighted by atomic mass is 9.97. The van der Waals surface area contributed by atoms with Crippen LogP contribution in [0.3, 0.4) is 0 Å². The number of hydrogen-bond donors (Lipinski definition) is 1. The van der Waals surface area contributed by atoms with Gasteiger partial charge in [0.05, 0.1) is 12.1 Å². The van der Waals surface area contributed by atoms with Gasteiger partial charge in [-0.15, -0.1) is 0 Å². The number of aromatic nitrogens is 1. The summed E-state index contributed by atoms with van der Waals surface area (Å²) in [6.07, 6.45) is 2.66. The Labute approximate surface area is 155 Å². The molecule has 140 valence electrons. The summed E-state index contributed by atoms with van der Waals surface area (Å²) < 4.78 is 5.74. The molecule has 1 atom stereocenters. The fraction of sp³-hybridized carbons (Fsp3) is 0.524. The Bertz CT molecular complexity index is 724. The van der Waals surface area contributed by atoms with Gasteiger partial charge in [0, 0.05) is 24.7 Å². The third-order valence-electron chi connectivity index (χ3n) is 5.11. The van der Waals surface area contributed by atoms with Crippen molar-refractivity contribution in [1.29, 1.82) is 0 Å². The Balaban J connectivity index is 1.53. The van der Waals surface area contributed by atoms with Crippen molar-refractivity contribution in [3.63, 3.8) is 0 Å². The van der Waals surface area contributed by atoms with Gasteiger partial charge < -0.3 is 14.6 Å². The first-order chi connectivity index (χ1) is 12.5. The van der Waals surface area contributed by atoms with Crippen LogP contribution in [-0.4, -0.2) is 41.5 Å². The summed E-state index contributed by atoms with van der Waals surface area (Å²) in [7, 11) is 0. The molecule has 3 rings (SSSR count). The molecule has 1 aromatic carbocycles. The maximum atomic E-state index is 12.4. The van der Waals surface area contributed by atoms with Crippen LogP contribution in [0.5, 0.6) is 0 Å². The number of benzene rings is 1. The number of carbonyl (C=O) groups excluding carboxylic acids is 1. The topological polar surface area (TPSA) is 58.4 Å². The standard InChI is InChI=1S/C21H29N3O2/c1-15(2)24-11-7-8-17(14-24)13-22-20(25)12-19-16(3)26-21(23-19)18-9-5-4-6-10-18/h4-6,9-10,15,17H,7-8,11-14H2,1-3H3,(H,22,25)/t17-/m0/s1. The van der Waals surface area contributed by atoms with E-state index in [-0.39, 0.29) is 12.3 Å². The van der Waals surface area contributed by atoms with Crippen LogP contribution in [-0.2, 0) is 11.2 Å². The van der Waals surface area contributed by atoms with Crippen molar-refractivity contribution in [1.82, 2.24) is 15.2 Å². The molecule has 5 heteroatoms. The average molecular weight is 355 g/mol.